The first-order valence-corrected chi connectivity index (χ1v) is 7.23. The van der Waals surface area contributed by atoms with Crippen molar-refractivity contribution >= 4 is 11.9 Å². The van der Waals surface area contributed by atoms with E-state index in [4.69, 9.17) is 14.2 Å². The Kier molecular flexibility index (Phi) is 4.43. The highest BCUT2D eigenvalue weighted by molar-refractivity contribution is 6.08. The molecular weight excluding hydrogens is 292 g/mol. The summed E-state index contributed by atoms with van der Waals surface area (Å²) in [5.41, 5.74) is 1.39. The van der Waals surface area contributed by atoms with Crippen LogP contribution in [0.2, 0.25) is 0 Å². The Labute approximate surface area is 134 Å². The van der Waals surface area contributed by atoms with Gasteiger partial charge in [0.25, 0.3) is 0 Å². The normalized spacial score (nSPS) is 12.3. The molecule has 1 heterocycles. The standard InChI is InChI=1S/C19H16O4/c1-2-11-21-17-6-4-3-5-15(17)16(20)9-7-14-8-10-18-19(12-14)23-13-22-18/h2-10,12H,1,11,13H2/b9-7+. The van der Waals surface area contributed by atoms with Gasteiger partial charge < -0.3 is 14.2 Å². The van der Waals surface area contributed by atoms with Crippen LogP contribution in [0.5, 0.6) is 17.2 Å². The van der Waals surface area contributed by atoms with E-state index in [0.717, 1.165) is 11.3 Å². The largest absolute Gasteiger partial charge is 0.489 e. The van der Waals surface area contributed by atoms with E-state index in [-0.39, 0.29) is 12.6 Å². The van der Waals surface area contributed by atoms with Crippen molar-refractivity contribution < 1.29 is 19.0 Å². The van der Waals surface area contributed by atoms with Crippen LogP contribution in [0.15, 0.2) is 61.2 Å². The van der Waals surface area contributed by atoms with Crippen molar-refractivity contribution in [1.82, 2.24) is 0 Å². The number of carbonyl (C=O) groups is 1. The second kappa shape index (κ2) is 6.83. The summed E-state index contributed by atoms with van der Waals surface area (Å²) < 4.78 is 16.1. The first-order valence-electron chi connectivity index (χ1n) is 7.23. The van der Waals surface area contributed by atoms with Gasteiger partial charge in [0.2, 0.25) is 6.79 Å². The fraction of sp³-hybridized carbons (Fsp3) is 0.105. The number of rotatable bonds is 6. The fourth-order valence-corrected chi connectivity index (χ4v) is 2.22. The van der Waals surface area contributed by atoms with Gasteiger partial charge in [-0.25, -0.2) is 0 Å². The van der Waals surface area contributed by atoms with Crippen LogP contribution in [-0.4, -0.2) is 19.2 Å². The van der Waals surface area contributed by atoms with Crippen LogP contribution < -0.4 is 14.2 Å². The lowest BCUT2D eigenvalue weighted by Crippen LogP contribution is -2.01. The van der Waals surface area contributed by atoms with E-state index < -0.39 is 0 Å². The Morgan fingerprint density at radius 1 is 1.17 bits per heavy atom. The lowest BCUT2D eigenvalue weighted by Gasteiger charge is -2.07. The second-order valence-corrected chi connectivity index (χ2v) is 4.91. The highest BCUT2D eigenvalue weighted by Gasteiger charge is 2.13. The van der Waals surface area contributed by atoms with Gasteiger partial charge in [-0.1, -0.05) is 36.9 Å². The van der Waals surface area contributed by atoms with Gasteiger partial charge in [0.15, 0.2) is 17.3 Å². The number of hydrogen-bond donors (Lipinski definition) is 0. The number of allylic oxidation sites excluding steroid dienone is 1. The van der Waals surface area contributed by atoms with Crippen molar-refractivity contribution in [3.8, 4) is 17.2 Å². The highest BCUT2D eigenvalue weighted by atomic mass is 16.7. The third kappa shape index (κ3) is 3.43. The van der Waals surface area contributed by atoms with Crippen molar-refractivity contribution in [3.63, 3.8) is 0 Å². The van der Waals surface area contributed by atoms with E-state index in [2.05, 4.69) is 6.58 Å². The van der Waals surface area contributed by atoms with Crippen LogP contribution in [-0.2, 0) is 0 Å². The average Bonchev–Trinajstić information content (AvgIpc) is 3.05. The molecule has 0 atom stereocenters. The summed E-state index contributed by atoms with van der Waals surface area (Å²) in [7, 11) is 0. The van der Waals surface area contributed by atoms with Crippen molar-refractivity contribution in [2.75, 3.05) is 13.4 Å². The van der Waals surface area contributed by atoms with Gasteiger partial charge in [0.05, 0.1) is 5.56 Å². The van der Waals surface area contributed by atoms with Crippen LogP contribution in [0.3, 0.4) is 0 Å². The van der Waals surface area contributed by atoms with Crippen LogP contribution >= 0.6 is 0 Å². The summed E-state index contributed by atoms with van der Waals surface area (Å²) in [5, 5.41) is 0. The van der Waals surface area contributed by atoms with E-state index in [1.807, 2.05) is 30.3 Å². The Bertz CT molecular complexity index is 762. The maximum absolute atomic E-state index is 12.4. The van der Waals surface area contributed by atoms with Gasteiger partial charge in [0.1, 0.15) is 12.4 Å². The van der Waals surface area contributed by atoms with E-state index in [0.29, 0.717) is 23.7 Å². The summed E-state index contributed by atoms with van der Waals surface area (Å²) in [4.78, 5) is 12.4. The van der Waals surface area contributed by atoms with Crippen molar-refractivity contribution in [2.45, 2.75) is 0 Å². The molecule has 1 aliphatic heterocycles. The van der Waals surface area contributed by atoms with Crippen molar-refractivity contribution in [1.29, 1.82) is 0 Å². The summed E-state index contributed by atoms with van der Waals surface area (Å²) in [6.07, 6.45) is 4.91. The molecule has 116 valence electrons. The van der Waals surface area contributed by atoms with E-state index in [9.17, 15) is 4.79 Å². The number of ether oxygens (including phenoxy) is 3. The third-order valence-corrected chi connectivity index (χ3v) is 3.33. The van der Waals surface area contributed by atoms with Gasteiger partial charge in [-0.15, -0.1) is 0 Å². The number of benzene rings is 2. The molecule has 0 fully saturated rings. The first kappa shape index (κ1) is 14.9. The van der Waals surface area contributed by atoms with Crippen LogP contribution in [0.1, 0.15) is 15.9 Å². The Balaban J connectivity index is 1.77. The van der Waals surface area contributed by atoms with Crippen molar-refractivity contribution in [3.05, 3.63) is 72.3 Å². The summed E-state index contributed by atoms with van der Waals surface area (Å²) in [6.45, 7) is 4.20. The van der Waals surface area contributed by atoms with Gasteiger partial charge in [-0.3, -0.25) is 4.79 Å². The van der Waals surface area contributed by atoms with E-state index in [1.165, 1.54) is 6.08 Å². The van der Waals surface area contributed by atoms with Crippen LogP contribution in [0, 0.1) is 0 Å². The molecule has 23 heavy (non-hydrogen) atoms. The second-order valence-electron chi connectivity index (χ2n) is 4.91. The minimum Gasteiger partial charge on any atom is -0.489 e. The maximum atomic E-state index is 12.4. The Morgan fingerprint density at radius 2 is 2.00 bits per heavy atom. The molecular formula is C19H16O4. The zero-order chi connectivity index (χ0) is 16.1. The molecule has 0 aromatic heterocycles. The van der Waals surface area contributed by atoms with E-state index >= 15 is 0 Å². The summed E-state index contributed by atoms with van der Waals surface area (Å²) >= 11 is 0. The highest BCUT2D eigenvalue weighted by Crippen LogP contribution is 2.32. The van der Waals surface area contributed by atoms with Crippen LogP contribution in [0.25, 0.3) is 6.08 Å². The molecule has 4 heteroatoms. The zero-order valence-corrected chi connectivity index (χ0v) is 12.5. The predicted octanol–water partition coefficient (Wildman–Crippen LogP) is 3.88. The van der Waals surface area contributed by atoms with Gasteiger partial charge >= 0.3 is 0 Å². The lowest BCUT2D eigenvalue weighted by atomic mass is 10.1. The van der Waals surface area contributed by atoms with Crippen LogP contribution in [0.4, 0.5) is 0 Å². The smallest absolute Gasteiger partial charge is 0.231 e. The van der Waals surface area contributed by atoms with Crippen molar-refractivity contribution in [2.24, 2.45) is 0 Å². The number of fused-ring (bicyclic) bond motifs is 1. The summed E-state index contributed by atoms with van der Waals surface area (Å²) in [6, 6.07) is 12.7. The van der Waals surface area contributed by atoms with Gasteiger partial charge in [-0.05, 0) is 35.9 Å². The molecule has 4 nitrogen and oxygen atoms in total. The molecule has 0 spiro atoms. The number of ketones is 1. The minimum absolute atomic E-state index is 0.123. The molecule has 1 aliphatic rings. The fourth-order valence-electron chi connectivity index (χ4n) is 2.22. The molecule has 0 aliphatic carbocycles. The number of hydrogen-bond acceptors (Lipinski definition) is 4. The third-order valence-electron chi connectivity index (χ3n) is 3.33. The quantitative estimate of drug-likeness (QED) is 0.461. The van der Waals surface area contributed by atoms with Gasteiger partial charge in [-0.2, -0.15) is 0 Å². The number of carbonyl (C=O) groups excluding carboxylic acids is 1. The van der Waals surface area contributed by atoms with Gasteiger partial charge in [0, 0.05) is 0 Å². The molecule has 0 radical (unpaired) electrons. The molecule has 3 rings (SSSR count). The monoisotopic (exact) mass is 308 g/mol. The summed E-state index contributed by atoms with van der Waals surface area (Å²) in [5.74, 6) is 1.83. The van der Waals surface area contributed by atoms with E-state index in [1.54, 1.807) is 24.3 Å². The average molecular weight is 308 g/mol. The molecule has 0 saturated carbocycles. The maximum Gasteiger partial charge on any atom is 0.231 e. The SMILES string of the molecule is C=CCOc1ccccc1C(=O)/C=C/c1ccc2c(c1)OCO2. The Hall–Kier alpha value is -3.01. The predicted molar refractivity (Wildman–Crippen MR) is 88.1 cm³/mol. The molecule has 2 aromatic carbocycles. The topological polar surface area (TPSA) is 44.8 Å². The number of para-hydroxylation sites is 1. The minimum atomic E-state index is -0.123. The molecule has 0 saturated heterocycles. The Morgan fingerprint density at radius 3 is 2.87 bits per heavy atom. The first-order chi connectivity index (χ1) is 11.3. The molecule has 0 amide bonds. The molecule has 0 unspecified atom stereocenters. The molecule has 0 bridgehead atoms. The molecule has 2 aromatic rings. The lowest BCUT2D eigenvalue weighted by molar-refractivity contribution is 0.104. The zero-order valence-electron chi connectivity index (χ0n) is 12.5. The molecule has 0 N–H and O–H groups in total.